The van der Waals surface area contributed by atoms with Crippen molar-refractivity contribution in [3.8, 4) is 0 Å². The summed E-state index contributed by atoms with van der Waals surface area (Å²) in [7, 11) is 0. The van der Waals surface area contributed by atoms with E-state index in [1.807, 2.05) is 54.8 Å². The highest BCUT2D eigenvalue weighted by Crippen LogP contribution is 2.13. The van der Waals surface area contributed by atoms with Gasteiger partial charge in [0.05, 0.1) is 4.88 Å². The fourth-order valence-corrected chi connectivity index (χ4v) is 2.09. The molecule has 16 heavy (non-hydrogen) atoms. The Hall–Kier alpha value is -1.67. The standard InChI is InChI=1S/C14H12OS/c1-11-5-2-3-6-12(11)8-9-13(15)14-7-4-10-16-14/h2-10H,1H3/b9-8+. The summed E-state index contributed by atoms with van der Waals surface area (Å²) in [5, 5.41) is 1.91. The molecule has 0 radical (unpaired) electrons. The fourth-order valence-electron chi connectivity index (χ4n) is 1.44. The number of benzene rings is 1. The van der Waals surface area contributed by atoms with Crippen LogP contribution in [0.25, 0.3) is 6.08 Å². The summed E-state index contributed by atoms with van der Waals surface area (Å²) in [6.07, 6.45) is 3.51. The maximum Gasteiger partial charge on any atom is 0.195 e. The third-order valence-electron chi connectivity index (χ3n) is 2.37. The molecule has 0 spiro atoms. The van der Waals surface area contributed by atoms with Gasteiger partial charge in [-0.25, -0.2) is 0 Å². The Morgan fingerprint density at radius 1 is 1.19 bits per heavy atom. The maximum atomic E-state index is 11.7. The molecule has 80 valence electrons. The first-order chi connectivity index (χ1) is 7.77. The van der Waals surface area contributed by atoms with Crippen LogP contribution in [0.5, 0.6) is 0 Å². The lowest BCUT2D eigenvalue weighted by Crippen LogP contribution is -1.89. The average Bonchev–Trinajstić information content (AvgIpc) is 2.81. The van der Waals surface area contributed by atoms with Crippen LogP contribution in [0.1, 0.15) is 20.8 Å². The third-order valence-corrected chi connectivity index (χ3v) is 3.25. The molecule has 0 amide bonds. The number of ketones is 1. The van der Waals surface area contributed by atoms with Crippen LogP contribution in [0.15, 0.2) is 47.9 Å². The van der Waals surface area contributed by atoms with Crippen molar-refractivity contribution in [2.45, 2.75) is 6.92 Å². The van der Waals surface area contributed by atoms with Gasteiger partial charge in [0.1, 0.15) is 0 Å². The highest BCUT2D eigenvalue weighted by molar-refractivity contribution is 7.12. The molecule has 0 N–H and O–H groups in total. The molecule has 2 rings (SSSR count). The van der Waals surface area contributed by atoms with E-state index in [2.05, 4.69) is 0 Å². The van der Waals surface area contributed by atoms with E-state index in [-0.39, 0.29) is 5.78 Å². The monoisotopic (exact) mass is 228 g/mol. The summed E-state index contributed by atoms with van der Waals surface area (Å²) < 4.78 is 0. The normalized spacial score (nSPS) is 10.8. The quantitative estimate of drug-likeness (QED) is 0.574. The van der Waals surface area contributed by atoms with Crippen molar-refractivity contribution in [2.75, 3.05) is 0 Å². The number of allylic oxidation sites excluding steroid dienone is 1. The second kappa shape index (κ2) is 4.90. The van der Waals surface area contributed by atoms with E-state index in [0.717, 1.165) is 10.4 Å². The van der Waals surface area contributed by atoms with Gasteiger partial charge in [-0.05, 0) is 35.6 Å². The van der Waals surface area contributed by atoms with Crippen molar-refractivity contribution in [3.05, 3.63) is 63.9 Å². The summed E-state index contributed by atoms with van der Waals surface area (Å²) in [5.41, 5.74) is 2.27. The smallest absolute Gasteiger partial charge is 0.195 e. The minimum Gasteiger partial charge on any atom is -0.288 e. The van der Waals surface area contributed by atoms with Crippen molar-refractivity contribution in [1.82, 2.24) is 0 Å². The zero-order chi connectivity index (χ0) is 11.4. The van der Waals surface area contributed by atoms with E-state index in [1.54, 1.807) is 6.08 Å². The van der Waals surface area contributed by atoms with Gasteiger partial charge in [0.2, 0.25) is 0 Å². The van der Waals surface area contributed by atoms with Gasteiger partial charge in [0.25, 0.3) is 0 Å². The number of thiophene rings is 1. The van der Waals surface area contributed by atoms with Crippen molar-refractivity contribution in [3.63, 3.8) is 0 Å². The highest BCUT2D eigenvalue weighted by Gasteiger charge is 2.01. The Morgan fingerprint density at radius 2 is 2.00 bits per heavy atom. The first-order valence-electron chi connectivity index (χ1n) is 5.09. The molecule has 1 aromatic carbocycles. The Morgan fingerprint density at radius 3 is 2.69 bits per heavy atom. The van der Waals surface area contributed by atoms with E-state index in [0.29, 0.717) is 0 Å². The number of hydrogen-bond acceptors (Lipinski definition) is 2. The molecule has 1 nitrogen and oxygen atoms in total. The molecule has 0 aliphatic heterocycles. The molecular formula is C14H12OS. The molecule has 0 aliphatic rings. The first-order valence-corrected chi connectivity index (χ1v) is 5.97. The predicted octanol–water partition coefficient (Wildman–Crippen LogP) is 3.95. The van der Waals surface area contributed by atoms with Crippen LogP contribution in [0.4, 0.5) is 0 Å². The molecule has 0 aliphatic carbocycles. The number of hydrogen-bond donors (Lipinski definition) is 0. The largest absolute Gasteiger partial charge is 0.288 e. The van der Waals surface area contributed by atoms with Crippen molar-refractivity contribution < 1.29 is 4.79 Å². The van der Waals surface area contributed by atoms with Gasteiger partial charge in [0, 0.05) is 0 Å². The van der Waals surface area contributed by atoms with Crippen LogP contribution in [-0.2, 0) is 0 Å². The van der Waals surface area contributed by atoms with Crippen molar-refractivity contribution >= 4 is 23.2 Å². The fraction of sp³-hybridized carbons (Fsp3) is 0.0714. The first kappa shape index (κ1) is 10.8. The summed E-state index contributed by atoms with van der Waals surface area (Å²) in [6.45, 7) is 2.04. The molecule has 0 unspecified atom stereocenters. The molecule has 1 heterocycles. The maximum absolute atomic E-state index is 11.7. The molecule has 0 fully saturated rings. The third kappa shape index (κ3) is 2.47. The number of rotatable bonds is 3. The molecule has 0 saturated heterocycles. The second-order valence-corrected chi connectivity index (χ2v) is 4.48. The SMILES string of the molecule is Cc1ccccc1/C=C/C(=O)c1cccs1. The molecule has 0 saturated carbocycles. The van der Waals surface area contributed by atoms with E-state index in [1.165, 1.54) is 16.9 Å². The molecule has 0 bridgehead atoms. The summed E-state index contributed by atoms with van der Waals surface area (Å²) in [4.78, 5) is 12.5. The lowest BCUT2D eigenvalue weighted by atomic mass is 10.1. The Bertz CT molecular complexity index is 509. The van der Waals surface area contributed by atoms with Crippen LogP contribution in [0.2, 0.25) is 0 Å². The van der Waals surface area contributed by atoms with Crippen LogP contribution >= 0.6 is 11.3 Å². The predicted molar refractivity (Wildman–Crippen MR) is 68.9 cm³/mol. The van der Waals surface area contributed by atoms with Crippen LogP contribution in [0, 0.1) is 6.92 Å². The summed E-state index contributed by atoms with van der Waals surface area (Å²) in [6, 6.07) is 11.7. The Balaban J connectivity index is 2.16. The molecule has 1 aromatic heterocycles. The van der Waals surface area contributed by atoms with Gasteiger partial charge in [-0.1, -0.05) is 36.4 Å². The molecular weight excluding hydrogens is 216 g/mol. The minimum absolute atomic E-state index is 0.0678. The summed E-state index contributed by atoms with van der Waals surface area (Å²) >= 11 is 1.47. The zero-order valence-electron chi connectivity index (χ0n) is 9.01. The van der Waals surface area contributed by atoms with Gasteiger partial charge in [-0.15, -0.1) is 11.3 Å². The molecule has 2 aromatic rings. The Kier molecular flexibility index (Phi) is 3.32. The second-order valence-electron chi connectivity index (χ2n) is 3.53. The van der Waals surface area contributed by atoms with Gasteiger partial charge < -0.3 is 0 Å². The van der Waals surface area contributed by atoms with Crippen molar-refractivity contribution in [2.24, 2.45) is 0 Å². The lowest BCUT2D eigenvalue weighted by molar-refractivity contribution is 0.105. The minimum atomic E-state index is 0.0678. The average molecular weight is 228 g/mol. The van der Waals surface area contributed by atoms with Gasteiger partial charge in [-0.3, -0.25) is 4.79 Å². The van der Waals surface area contributed by atoms with E-state index < -0.39 is 0 Å². The van der Waals surface area contributed by atoms with Crippen LogP contribution < -0.4 is 0 Å². The van der Waals surface area contributed by atoms with E-state index >= 15 is 0 Å². The zero-order valence-corrected chi connectivity index (χ0v) is 9.83. The topological polar surface area (TPSA) is 17.1 Å². The van der Waals surface area contributed by atoms with Gasteiger partial charge >= 0.3 is 0 Å². The van der Waals surface area contributed by atoms with E-state index in [4.69, 9.17) is 0 Å². The van der Waals surface area contributed by atoms with Crippen molar-refractivity contribution in [1.29, 1.82) is 0 Å². The summed E-state index contributed by atoms with van der Waals surface area (Å²) in [5.74, 6) is 0.0678. The number of carbonyl (C=O) groups excluding carboxylic acids is 1. The van der Waals surface area contributed by atoms with Crippen LogP contribution in [0.3, 0.4) is 0 Å². The molecule has 2 heteroatoms. The molecule has 0 atom stereocenters. The number of aryl methyl sites for hydroxylation is 1. The van der Waals surface area contributed by atoms with Gasteiger partial charge in [0.15, 0.2) is 5.78 Å². The van der Waals surface area contributed by atoms with Gasteiger partial charge in [-0.2, -0.15) is 0 Å². The lowest BCUT2D eigenvalue weighted by Gasteiger charge is -1.97. The van der Waals surface area contributed by atoms with E-state index in [9.17, 15) is 4.79 Å². The Labute approximate surface area is 99.1 Å². The number of carbonyl (C=O) groups is 1. The van der Waals surface area contributed by atoms with Crippen LogP contribution in [-0.4, -0.2) is 5.78 Å². The highest BCUT2D eigenvalue weighted by atomic mass is 32.1.